The number of nitrogens with one attached hydrogen (secondary N) is 1. The van der Waals surface area contributed by atoms with Crippen molar-refractivity contribution in [3.63, 3.8) is 0 Å². The molecule has 1 aliphatic rings. The molecular weight excluding hydrogens is 276 g/mol. The van der Waals surface area contributed by atoms with Crippen molar-refractivity contribution in [1.82, 2.24) is 15.0 Å². The molecule has 2 aromatic rings. The van der Waals surface area contributed by atoms with E-state index in [0.717, 1.165) is 22.9 Å². The molecule has 0 amide bonds. The molecule has 3 rings (SSSR count). The molecule has 0 unspecified atom stereocenters. The molecule has 116 valence electrons. The molecular formula is C17H22N4O. The molecule has 1 fully saturated rings. The van der Waals surface area contributed by atoms with Crippen molar-refractivity contribution in [2.24, 2.45) is 0 Å². The summed E-state index contributed by atoms with van der Waals surface area (Å²) in [6.45, 7) is 6.70. The third-order valence-electron chi connectivity index (χ3n) is 3.44. The van der Waals surface area contributed by atoms with Crippen molar-refractivity contribution < 1.29 is 4.74 Å². The monoisotopic (exact) mass is 298 g/mol. The second-order valence-corrected chi connectivity index (χ2v) is 6.05. The van der Waals surface area contributed by atoms with Crippen LogP contribution in [0.2, 0.25) is 0 Å². The van der Waals surface area contributed by atoms with E-state index in [1.54, 1.807) is 6.20 Å². The molecule has 0 radical (unpaired) electrons. The van der Waals surface area contributed by atoms with Crippen molar-refractivity contribution in [1.29, 1.82) is 0 Å². The summed E-state index contributed by atoms with van der Waals surface area (Å²) in [7, 11) is 0. The molecule has 2 aromatic heterocycles. The Hall–Kier alpha value is -2.17. The molecule has 1 N–H and O–H groups in total. The van der Waals surface area contributed by atoms with Gasteiger partial charge >= 0.3 is 0 Å². The van der Waals surface area contributed by atoms with E-state index < -0.39 is 0 Å². The number of hydrogen-bond acceptors (Lipinski definition) is 5. The summed E-state index contributed by atoms with van der Waals surface area (Å²) < 4.78 is 5.62. The van der Waals surface area contributed by atoms with E-state index >= 15 is 0 Å². The lowest BCUT2D eigenvalue weighted by Crippen LogP contribution is -2.08. The molecule has 0 aromatic carbocycles. The number of ether oxygens (including phenoxy) is 1. The standard InChI is InChI=1S/C17H22N4O/c1-11(2)22-16-9-13(6-7-18-16)10-19-15-8-12(3)20-17(21-15)14-4-5-14/h6-9,11,14H,4-5,10H2,1-3H3,(H,19,20,21). The van der Waals surface area contributed by atoms with E-state index in [4.69, 9.17) is 4.74 Å². The van der Waals surface area contributed by atoms with Crippen molar-refractivity contribution in [3.8, 4) is 5.88 Å². The van der Waals surface area contributed by atoms with E-state index in [1.165, 1.54) is 12.8 Å². The van der Waals surface area contributed by atoms with Crippen LogP contribution < -0.4 is 10.1 Å². The molecule has 0 saturated heterocycles. The van der Waals surface area contributed by atoms with Crippen molar-refractivity contribution in [2.45, 2.75) is 52.2 Å². The van der Waals surface area contributed by atoms with Crippen molar-refractivity contribution in [2.75, 3.05) is 5.32 Å². The van der Waals surface area contributed by atoms with Crippen LogP contribution >= 0.6 is 0 Å². The van der Waals surface area contributed by atoms with Crippen molar-refractivity contribution >= 4 is 5.82 Å². The largest absolute Gasteiger partial charge is 0.475 e. The molecule has 1 saturated carbocycles. The lowest BCUT2D eigenvalue weighted by molar-refractivity contribution is 0.232. The summed E-state index contributed by atoms with van der Waals surface area (Å²) >= 11 is 0. The summed E-state index contributed by atoms with van der Waals surface area (Å²) in [4.78, 5) is 13.3. The molecule has 5 nitrogen and oxygen atoms in total. The fourth-order valence-electron chi connectivity index (χ4n) is 2.27. The highest BCUT2D eigenvalue weighted by Gasteiger charge is 2.26. The predicted octanol–water partition coefficient (Wildman–Crippen LogP) is 3.46. The maximum absolute atomic E-state index is 5.62. The minimum Gasteiger partial charge on any atom is -0.475 e. The van der Waals surface area contributed by atoms with Gasteiger partial charge in [-0.3, -0.25) is 0 Å². The Morgan fingerprint density at radius 3 is 2.82 bits per heavy atom. The van der Waals surface area contributed by atoms with E-state index in [2.05, 4.69) is 20.3 Å². The lowest BCUT2D eigenvalue weighted by Gasteiger charge is -2.11. The van der Waals surface area contributed by atoms with Gasteiger partial charge in [0, 0.05) is 36.5 Å². The van der Waals surface area contributed by atoms with Gasteiger partial charge in [-0.2, -0.15) is 0 Å². The number of nitrogens with zero attached hydrogens (tertiary/aromatic N) is 3. The Morgan fingerprint density at radius 1 is 1.27 bits per heavy atom. The Kier molecular flexibility index (Phi) is 4.22. The SMILES string of the molecule is Cc1cc(NCc2ccnc(OC(C)C)c2)nc(C2CC2)n1. The Bertz CT molecular complexity index is 653. The normalized spacial score (nSPS) is 14.2. The highest BCUT2D eigenvalue weighted by Crippen LogP contribution is 2.38. The minimum atomic E-state index is 0.126. The Morgan fingerprint density at radius 2 is 2.09 bits per heavy atom. The van der Waals surface area contributed by atoms with Crippen molar-refractivity contribution in [3.05, 3.63) is 41.5 Å². The zero-order valence-corrected chi connectivity index (χ0v) is 13.3. The second-order valence-electron chi connectivity index (χ2n) is 6.05. The molecule has 5 heteroatoms. The molecule has 22 heavy (non-hydrogen) atoms. The zero-order chi connectivity index (χ0) is 15.5. The fourth-order valence-corrected chi connectivity index (χ4v) is 2.27. The van der Waals surface area contributed by atoms with Gasteiger partial charge in [-0.15, -0.1) is 0 Å². The van der Waals surface area contributed by atoms with E-state index in [-0.39, 0.29) is 6.10 Å². The van der Waals surface area contributed by atoms with Gasteiger partial charge in [0.15, 0.2) is 0 Å². The molecule has 0 atom stereocenters. The fraction of sp³-hybridized carbons (Fsp3) is 0.471. The first-order valence-electron chi connectivity index (χ1n) is 7.81. The quantitative estimate of drug-likeness (QED) is 0.885. The molecule has 0 bridgehead atoms. The van der Waals surface area contributed by atoms with Crippen LogP contribution in [-0.2, 0) is 6.54 Å². The minimum absolute atomic E-state index is 0.126. The summed E-state index contributed by atoms with van der Waals surface area (Å²) in [6.07, 6.45) is 4.32. The van der Waals surface area contributed by atoms with Gasteiger partial charge in [0.1, 0.15) is 11.6 Å². The van der Waals surface area contributed by atoms with Crippen LogP contribution in [0.5, 0.6) is 5.88 Å². The van der Waals surface area contributed by atoms with Crippen LogP contribution in [0, 0.1) is 6.92 Å². The van der Waals surface area contributed by atoms with Crippen LogP contribution in [0.1, 0.15) is 49.7 Å². The third-order valence-corrected chi connectivity index (χ3v) is 3.44. The summed E-state index contributed by atoms with van der Waals surface area (Å²) in [5, 5.41) is 3.37. The first-order chi connectivity index (χ1) is 10.6. The maximum atomic E-state index is 5.62. The highest BCUT2D eigenvalue weighted by atomic mass is 16.5. The number of hydrogen-bond donors (Lipinski definition) is 1. The lowest BCUT2D eigenvalue weighted by atomic mass is 10.2. The van der Waals surface area contributed by atoms with Gasteiger partial charge in [-0.25, -0.2) is 15.0 Å². The third kappa shape index (κ3) is 3.93. The number of aryl methyl sites for hydroxylation is 1. The van der Waals surface area contributed by atoms with Gasteiger partial charge in [0.05, 0.1) is 6.10 Å². The van der Waals surface area contributed by atoms with E-state index in [9.17, 15) is 0 Å². The number of pyridine rings is 1. The average molecular weight is 298 g/mol. The van der Waals surface area contributed by atoms with Gasteiger partial charge in [0.25, 0.3) is 0 Å². The molecule has 0 aliphatic heterocycles. The van der Waals surface area contributed by atoms with Crippen LogP contribution in [0.4, 0.5) is 5.82 Å². The average Bonchev–Trinajstić information content (AvgIpc) is 3.29. The predicted molar refractivity (Wildman–Crippen MR) is 86.1 cm³/mol. The summed E-state index contributed by atoms with van der Waals surface area (Å²) in [5.74, 6) is 3.08. The number of anilines is 1. The number of rotatable bonds is 6. The smallest absolute Gasteiger partial charge is 0.213 e. The second kappa shape index (κ2) is 6.30. The van der Waals surface area contributed by atoms with Gasteiger partial charge in [-0.05, 0) is 45.2 Å². The Labute approximate surface area is 131 Å². The van der Waals surface area contributed by atoms with Gasteiger partial charge in [-0.1, -0.05) is 0 Å². The summed E-state index contributed by atoms with van der Waals surface area (Å²) in [5.41, 5.74) is 2.13. The van der Waals surface area contributed by atoms with Crippen LogP contribution in [0.15, 0.2) is 24.4 Å². The van der Waals surface area contributed by atoms with E-state index in [1.807, 2.05) is 39.0 Å². The topological polar surface area (TPSA) is 59.9 Å². The van der Waals surface area contributed by atoms with Gasteiger partial charge < -0.3 is 10.1 Å². The molecule has 0 spiro atoms. The van der Waals surface area contributed by atoms with Crippen LogP contribution in [0.25, 0.3) is 0 Å². The zero-order valence-electron chi connectivity index (χ0n) is 13.3. The van der Waals surface area contributed by atoms with Crippen LogP contribution in [0.3, 0.4) is 0 Å². The first kappa shape index (κ1) is 14.8. The maximum Gasteiger partial charge on any atom is 0.213 e. The number of aromatic nitrogens is 3. The molecule has 1 aliphatic carbocycles. The summed E-state index contributed by atoms with van der Waals surface area (Å²) in [6, 6.07) is 5.93. The molecule has 2 heterocycles. The van der Waals surface area contributed by atoms with Gasteiger partial charge in [0.2, 0.25) is 5.88 Å². The Balaban J connectivity index is 1.67. The van der Waals surface area contributed by atoms with Crippen LogP contribution in [-0.4, -0.2) is 21.1 Å². The van der Waals surface area contributed by atoms with E-state index in [0.29, 0.717) is 18.3 Å². The first-order valence-corrected chi connectivity index (χ1v) is 7.81. The highest BCUT2D eigenvalue weighted by molar-refractivity contribution is 5.38.